The first kappa shape index (κ1) is 15.3. The van der Waals surface area contributed by atoms with Gasteiger partial charge in [-0.3, -0.25) is 4.72 Å². The van der Waals surface area contributed by atoms with Crippen molar-refractivity contribution in [2.24, 2.45) is 11.7 Å². The highest BCUT2D eigenvalue weighted by Gasteiger charge is 2.28. The van der Waals surface area contributed by atoms with Crippen molar-refractivity contribution in [3.05, 3.63) is 29.8 Å². The predicted octanol–water partition coefficient (Wildman–Crippen LogP) is 1.58. The average Bonchev–Trinajstić information content (AvgIpc) is 2.47. The molecule has 0 radical (unpaired) electrons. The number of nitrogens with one attached hydrogen (secondary N) is 1. The van der Waals surface area contributed by atoms with Crippen LogP contribution in [0.5, 0.6) is 0 Å². The van der Waals surface area contributed by atoms with E-state index in [-0.39, 0.29) is 5.92 Å². The Labute approximate surface area is 121 Å². The summed E-state index contributed by atoms with van der Waals surface area (Å²) in [4.78, 5) is 0. The summed E-state index contributed by atoms with van der Waals surface area (Å²) in [6.45, 7) is 3.67. The molecule has 1 atom stereocenters. The van der Waals surface area contributed by atoms with Gasteiger partial charge in [-0.1, -0.05) is 19.1 Å². The van der Waals surface area contributed by atoms with Crippen molar-refractivity contribution < 1.29 is 8.42 Å². The van der Waals surface area contributed by atoms with E-state index in [0.29, 0.717) is 25.3 Å². The second kappa shape index (κ2) is 6.56. The SMILES string of the molecule is CCc1cccc(NS(=O)(=O)N2CCCC(CN)C2)c1. The number of benzene rings is 1. The highest BCUT2D eigenvalue weighted by atomic mass is 32.2. The zero-order valence-electron chi connectivity index (χ0n) is 11.9. The highest BCUT2D eigenvalue weighted by Crippen LogP contribution is 2.20. The molecule has 5 nitrogen and oxygen atoms in total. The number of piperidine rings is 1. The van der Waals surface area contributed by atoms with Gasteiger partial charge in [0.15, 0.2) is 0 Å². The summed E-state index contributed by atoms with van der Waals surface area (Å²) in [5.74, 6) is 0.266. The van der Waals surface area contributed by atoms with Crippen molar-refractivity contribution in [3.63, 3.8) is 0 Å². The average molecular weight is 297 g/mol. The molecule has 0 saturated carbocycles. The number of hydrogen-bond acceptors (Lipinski definition) is 3. The summed E-state index contributed by atoms with van der Waals surface area (Å²) >= 11 is 0. The van der Waals surface area contributed by atoms with E-state index < -0.39 is 10.2 Å². The van der Waals surface area contributed by atoms with Crippen LogP contribution in [0.15, 0.2) is 24.3 Å². The van der Waals surface area contributed by atoms with Gasteiger partial charge in [-0.2, -0.15) is 12.7 Å². The molecule has 0 bridgehead atoms. The minimum absolute atomic E-state index is 0.266. The molecule has 0 spiro atoms. The van der Waals surface area contributed by atoms with Crippen LogP contribution in [-0.2, 0) is 16.6 Å². The van der Waals surface area contributed by atoms with Gasteiger partial charge in [-0.15, -0.1) is 0 Å². The van der Waals surface area contributed by atoms with Gasteiger partial charge in [0.25, 0.3) is 0 Å². The second-order valence-electron chi connectivity index (χ2n) is 5.26. The Kier molecular flexibility index (Phi) is 5.01. The molecule has 0 aliphatic carbocycles. The van der Waals surface area contributed by atoms with Crippen LogP contribution >= 0.6 is 0 Å². The van der Waals surface area contributed by atoms with E-state index in [9.17, 15) is 8.42 Å². The van der Waals surface area contributed by atoms with Gasteiger partial charge in [0.05, 0.1) is 5.69 Å². The zero-order valence-corrected chi connectivity index (χ0v) is 12.7. The van der Waals surface area contributed by atoms with Gasteiger partial charge >= 0.3 is 10.2 Å². The molecule has 1 aromatic carbocycles. The van der Waals surface area contributed by atoms with Crippen LogP contribution in [0.4, 0.5) is 5.69 Å². The molecular formula is C14H23N3O2S. The highest BCUT2D eigenvalue weighted by molar-refractivity contribution is 7.90. The van der Waals surface area contributed by atoms with Gasteiger partial charge in [0.1, 0.15) is 0 Å². The monoisotopic (exact) mass is 297 g/mol. The third-order valence-electron chi connectivity index (χ3n) is 3.74. The van der Waals surface area contributed by atoms with E-state index in [0.717, 1.165) is 24.8 Å². The first-order valence-electron chi connectivity index (χ1n) is 7.12. The first-order chi connectivity index (χ1) is 9.55. The number of hydrogen-bond donors (Lipinski definition) is 2. The van der Waals surface area contributed by atoms with Gasteiger partial charge in [0, 0.05) is 13.1 Å². The number of anilines is 1. The van der Waals surface area contributed by atoms with Crippen LogP contribution in [0.3, 0.4) is 0 Å². The fourth-order valence-corrected chi connectivity index (χ4v) is 3.84. The van der Waals surface area contributed by atoms with Crippen molar-refractivity contribution >= 4 is 15.9 Å². The molecule has 0 aromatic heterocycles. The summed E-state index contributed by atoms with van der Waals surface area (Å²) in [6, 6.07) is 7.52. The summed E-state index contributed by atoms with van der Waals surface area (Å²) in [6.07, 6.45) is 2.76. The van der Waals surface area contributed by atoms with Crippen LogP contribution in [0.2, 0.25) is 0 Å². The number of nitrogens with two attached hydrogens (primary N) is 1. The third-order valence-corrected chi connectivity index (χ3v) is 5.24. The lowest BCUT2D eigenvalue weighted by Crippen LogP contribution is -2.44. The third kappa shape index (κ3) is 3.71. The van der Waals surface area contributed by atoms with Gasteiger partial charge in [-0.05, 0) is 49.4 Å². The molecule has 1 aliphatic heterocycles. The predicted molar refractivity (Wildman–Crippen MR) is 81.7 cm³/mol. The van der Waals surface area contributed by atoms with Gasteiger partial charge < -0.3 is 5.73 Å². The lowest BCUT2D eigenvalue weighted by Gasteiger charge is -2.31. The molecule has 1 unspecified atom stereocenters. The second-order valence-corrected chi connectivity index (χ2v) is 6.93. The van der Waals surface area contributed by atoms with Crippen molar-refractivity contribution in [2.45, 2.75) is 26.2 Å². The maximum Gasteiger partial charge on any atom is 0.301 e. The molecule has 1 saturated heterocycles. The largest absolute Gasteiger partial charge is 0.330 e. The molecule has 1 fully saturated rings. The molecule has 112 valence electrons. The smallest absolute Gasteiger partial charge is 0.301 e. The van der Waals surface area contributed by atoms with E-state index in [1.165, 1.54) is 4.31 Å². The molecule has 3 N–H and O–H groups in total. The standard InChI is InChI=1S/C14H23N3O2S/c1-2-12-5-3-7-14(9-12)16-20(18,19)17-8-4-6-13(10-15)11-17/h3,5,7,9,13,16H,2,4,6,8,10-11,15H2,1H3. The summed E-state index contributed by atoms with van der Waals surface area (Å²) in [5.41, 5.74) is 7.40. The van der Waals surface area contributed by atoms with Crippen LogP contribution in [-0.4, -0.2) is 32.4 Å². The zero-order chi connectivity index (χ0) is 14.6. The Morgan fingerprint density at radius 2 is 2.25 bits per heavy atom. The minimum Gasteiger partial charge on any atom is -0.330 e. The van der Waals surface area contributed by atoms with Crippen molar-refractivity contribution in [1.82, 2.24) is 4.31 Å². The van der Waals surface area contributed by atoms with Crippen molar-refractivity contribution in [2.75, 3.05) is 24.4 Å². The quantitative estimate of drug-likeness (QED) is 0.866. The maximum atomic E-state index is 12.4. The maximum absolute atomic E-state index is 12.4. The fraction of sp³-hybridized carbons (Fsp3) is 0.571. The van der Waals surface area contributed by atoms with Crippen LogP contribution < -0.4 is 10.5 Å². The summed E-state index contributed by atoms with van der Waals surface area (Å²) in [5, 5.41) is 0. The lowest BCUT2D eigenvalue weighted by atomic mass is 10.0. The fourth-order valence-electron chi connectivity index (χ4n) is 2.51. The lowest BCUT2D eigenvalue weighted by molar-refractivity contribution is 0.273. The molecular weight excluding hydrogens is 274 g/mol. The Morgan fingerprint density at radius 1 is 1.45 bits per heavy atom. The van der Waals surface area contributed by atoms with Gasteiger partial charge in [0.2, 0.25) is 0 Å². The van der Waals surface area contributed by atoms with Crippen LogP contribution in [0.1, 0.15) is 25.3 Å². The van der Waals surface area contributed by atoms with E-state index >= 15 is 0 Å². The first-order valence-corrected chi connectivity index (χ1v) is 8.56. The van der Waals surface area contributed by atoms with Crippen molar-refractivity contribution in [3.8, 4) is 0 Å². The molecule has 2 rings (SSSR count). The Hall–Kier alpha value is -1.11. The molecule has 6 heteroatoms. The van der Waals surface area contributed by atoms with Gasteiger partial charge in [-0.25, -0.2) is 0 Å². The van der Waals surface area contributed by atoms with E-state index in [1.807, 2.05) is 25.1 Å². The van der Waals surface area contributed by atoms with E-state index in [1.54, 1.807) is 6.07 Å². The normalized spacial score (nSPS) is 20.8. The summed E-state index contributed by atoms with van der Waals surface area (Å²) in [7, 11) is -3.48. The molecule has 1 aromatic rings. The molecule has 20 heavy (non-hydrogen) atoms. The van der Waals surface area contributed by atoms with Crippen LogP contribution in [0.25, 0.3) is 0 Å². The number of rotatable bonds is 5. The Bertz CT molecular complexity index is 545. The topological polar surface area (TPSA) is 75.4 Å². The number of nitrogens with zero attached hydrogens (tertiary/aromatic N) is 1. The van der Waals surface area contributed by atoms with E-state index in [4.69, 9.17) is 5.73 Å². The van der Waals surface area contributed by atoms with E-state index in [2.05, 4.69) is 4.72 Å². The van der Waals surface area contributed by atoms with Crippen molar-refractivity contribution in [1.29, 1.82) is 0 Å². The molecule has 0 amide bonds. The minimum atomic E-state index is -3.48. The number of aryl methyl sites for hydroxylation is 1. The Balaban J connectivity index is 2.10. The summed E-state index contributed by atoms with van der Waals surface area (Å²) < 4.78 is 29.0. The molecule has 1 heterocycles. The van der Waals surface area contributed by atoms with Crippen LogP contribution in [0, 0.1) is 5.92 Å². The molecule has 1 aliphatic rings. The Morgan fingerprint density at radius 3 is 2.95 bits per heavy atom.